The molecule has 0 aliphatic carbocycles. The van der Waals surface area contributed by atoms with Crippen molar-refractivity contribution in [1.82, 2.24) is 14.7 Å². The summed E-state index contributed by atoms with van der Waals surface area (Å²) < 4.78 is 14.1. The fourth-order valence-corrected chi connectivity index (χ4v) is 6.34. The van der Waals surface area contributed by atoms with Crippen LogP contribution in [0.25, 0.3) is 0 Å². The third kappa shape index (κ3) is 5.62. The SMILES string of the molecule is C[C@@H]1CN(C(=O)CN2CCc3sccc3[C@H]2c2cccc(F)c2)CCN1C(=O)Nc1ccc(Cl)c(Cl)c1. The normalized spacial score (nSPS) is 20.0. The molecule has 1 aromatic heterocycles. The van der Waals surface area contributed by atoms with Crippen LogP contribution >= 0.6 is 34.5 Å². The molecule has 0 radical (unpaired) electrons. The Morgan fingerprint density at radius 2 is 1.92 bits per heavy atom. The Morgan fingerprint density at radius 1 is 1.08 bits per heavy atom. The monoisotopic (exact) mass is 560 g/mol. The van der Waals surface area contributed by atoms with Crippen molar-refractivity contribution in [2.24, 2.45) is 0 Å². The highest BCUT2D eigenvalue weighted by molar-refractivity contribution is 7.10. The van der Waals surface area contributed by atoms with Crippen LogP contribution in [0.5, 0.6) is 0 Å². The average molecular weight is 562 g/mol. The van der Waals surface area contributed by atoms with Crippen LogP contribution in [-0.4, -0.2) is 65.4 Å². The van der Waals surface area contributed by atoms with Crippen LogP contribution in [0.1, 0.15) is 29.0 Å². The Kier molecular flexibility index (Phi) is 7.72. The highest BCUT2D eigenvalue weighted by atomic mass is 35.5. The first-order valence-corrected chi connectivity index (χ1v) is 13.8. The maximum Gasteiger partial charge on any atom is 0.322 e. The molecule has 1 saturated heterocycles. The van der Waals surface area contributed by atoms with E-state index in [1.54, 1.807) is 46.6 Å². The first-order valence-electron chi connectivity index (χ1n) is 12.2. The molecule has 0 spiro atoms. The third-order valence-electron chi connectivity index (χ3n) is 6.98. The van der Waals surface area contributed by atoms with Gasteiger partial charge in [0.05, 0.1) is 22.6 Å². The first kappa shape index (κ1) is 26.0. The molecule has 10 heteroatoms. The molecule has 0 unspecified atom stereocenters. The summed E-state index contributed by atoms with van der Waals surface area (Å²) in [4.78, 5) is 33.3. The summed E-state index contributed by atoms with van der Waals surface area (Å²) in [6.45, 7) is 4.20. The van der Waals surface area contributed by atoms with E-state index in [2.05, 4.69) is 21.7 Å². The number of thiophene rings is 1. The predicted molar refractivity (Wildman–Crippen MR) is 146 cm³/mol. The zero-order chi connectivity index (χ0) is 26.1. The molecule has 2 aliphatic heterocycles. The van der Waals surface area contributed by atoms with Crippen LogP contribution in [0.4, 0.5) is 14.9 Å². The number of carbonyl (C=O) groups is 2. The van der Waals surface area contributed by atoms with Gasteiger partial charge in [-0.1, -0.05) is 35.3 Å². The maximum atomic E-state index is 14.1. The molecule has 2 aliphatic rings. The minimum Gasteiger partial charge on any atom is -0.338 e. The number of carbonyl (C=O) groups excluding carboxylic acids is 2. The van der Waals surface area contributed by atoms with Gasteiger partial charge in [0.15, 0.2) is 0 Å². The quantitative estimate of drug-likeness (QED) is 0.431. The molecule has 3 heterocycles. The number of nitrogens with zero attached hydrogens (tertiary/aromatic N) is 3. The van der Waals surface area contributed by atoms with Gasteiger partial charge in [-0.15, -0.1) is 11.3 Å². The number of halogens is 3. The zero-order valence-corrected chi connectivity index (χ0v) is 22.6. The van der Waals surface area contributed by atoms with Gasteiger partial charge in [-0.2, -0.15) is 0 Å². The minimum absolute atomic E-state index is 0.0106. The smallest absolute Gasteiger partial charge is 0.322 e. The van der Waals surface area contributed by atoms with Crippen LogP contribution in [-0.2, 0) is 11.2 Å². The number of rotatable bonds is 4. The summed E-state index contributed by atoms with van der Waals surface area (Å²) in [5.74, 6) is -0.272. The van der Waals surface area contributed by atoms with E-state index in [0.717, 1.165) is 24.1 Å². The molecule has 6 nitrogen and oxygen atoms in total. The summed E-state index contributed by atoms with van der Waals surface area (Å²) in [6, 6.07) is 13.1. The van der Waals surface area contributed by atoms with Gasteiger partial charge in [-0.3, -0.25) is 9.69 Å². The third-order valence-corrected chi connectivity index (χ3v) is 8.72. The summed E-state index contributed by atoms with van der Waals surface area (Å²) in [6.07, 6.45) is 0.866. The zero-order valence-electron chi connectivity index (χ0n) is 20.3. The van der Waals surface area contributed by atoms with Crippen LogP contribution in [0.2, 0.25) is 10.0 Å². The van der Waals surface area contributed by atoms with Gasteiger partial charge in [0.2, 0.25) is 5.91 Å². The second kappa shape index (κ2) is 11.0. The molecular weight excluding hydrogens is 534 g/mol. The van der Waals surface area contributed by atoms with Gasteiger partial charge >= 0.3 is 6.03 Å². The maximum absolute atomic E-state index is 14.1. The lowest BCUT2D eigenvalue weighted by atomic mass is 9.93. The second-order valence-corrected chi connectivity index (χ2v) is 11.2. The number of hydrogen-bond acceptors (Lipinski definition) is 4. The lowest BCUT2D eigenvalue weighted by Crippen LogP contribution is -2.58. The van der Waals surface area contributed by atoms with Crippen molar-refractivity contribution in [3.63, 3.8) is 0 Å². The minimum atomic E-state index is -0.282. The van der Waals surface area contributed by atoms with Crippen LogP contribution in [0.15, 0.2) is 53.9 Å². The van der Waals surface area contributed by atoms with Crippen LogP contribution in [0.3, 0.4) is 0 Å². The summed E-state index contributed by atoms with van der Waals surface area (Å²) in [5, 5.41) is 5.71. The largest absolute Gasteiger partial charge is 0.338 e. The summed E-state index contributed by atoms with van der Waals surface area (Å²) in [7, 11) is 0. The number of amides is 3. The molecule has 0 saturated carbocycles. The highest BCUT2D eigenvalue weighted by Crippen LogP contribution is 2.38. The van der Waals surface area contributed by atoms with Crippen LogP contribution in [0, 0.1) is 5.82 Å². The molecule has 0 bridgehead atoms. The van der Waals surface area contributed by atoms with E-state index in [0.29, 0.717) is 35.4 Å². The van der Waals surface area contributed by atoms with Crippen molar-refractivity contribution < 1.29 is 14.0 Å². The van der Waals surface area contributed by atoms with Gasteiger partial charge < -0.3 is 15.1 Å². The summed E-state index contributed by atoms with van der Waals surface area (Å²) >= 11 is 13.7. The second-order valence-electron chi connectivity index (χ2n) is 9.42. The summed E-state index contributed by atoms with van der Waals surface area (Å²) in [5.41, 5.74) is 2.56. The Morgan fingerprint density at radius 3 is 2.68 bits per heavy atom. The Labute approximate surface area is 229 Å². The topological polar surface area (TPSA) is 55.9 Å². The van der Waals surface area contributed by atoms with Gasteiger partial charge in [0.1, 0.15) is 5.82 Å². The Balaban J connectivity index is 1.24. The van der Waals surface area contributed by atoms with Crippen molar-refractivity contribution in [1.29, 1.82) is 0 Å². The van der Waals surface area contributed by atoms with Crippen molar-refractivity contribution in [3.05, 3.63) is 85.8 Å². The van der Waals surface area contributed by atoms with Crippen molar-refractivity contribution in [3.8, 4) is 0 Å². The van der Waals surface area contributed by atoms with Gasteiger partial charge in [-0.05, 0) is 66.2 Å². The van der Waals surface area contributed by atoms with E-state index in [9.17, 15) is 14.0 Å². The number of fused-ring (bicyclic) bond motifs is 1. The fourth-order valence-electron chi connectivity index (χ4n) is 5.13. The molecule has 37 heavy (non-hydrogen) atoms. The van der Waals surface area contributed by atoms with E-state index in [1.165, 1.54) is 10.9 Å². The number of anilines is 1. The van der Waals surface area contributed by atoms with E-state index in [1.807, 2.05) is 17.9 Å². The number of benzene rings is 2. The van der Waals surface area contributed by atoms with E-state index < -0.39 is 0 Å². The number of hydrogen-bond donors (Lipinski definition) is 1. The lowest BCUT2D eigenvalue weighted by molar-refractivity contribution is -0.135. The molecule has 194 valence electrons. The molecule has 2 aromatic carbocycles. The van der Waals surface area contributed by atoms with E-state index in [4.69, 9.17) is 23.2 Å². The van der Waals surface area contributed by atoms with E-state index >= 15 is 0 Å². The lowest BCUT2D eigenvalue weighted by Gasteiger charge is -2.41. The molecule has 1 fully saturated rings. The molecule has 2 atom stereocenters. The Hall–Kier alpha value is -2.65. The van der Waals surface area contributed by atoms with Gasteiger partial charge in [0, 0.05) is 42.8 Å². The first-order chi connectivity index (χ1) is 17.8. The molecule has 5 rings (SSSR count). The van der Waals surface area contributed by atoms with Crippen LogP contribution < -0.4 is 5.32 Å². The number of urea groups is 1. The molecule has 3 amide bonds. The number of nitrogens with one attached hydrogen (secondary N) is 1. The molecule has 1 N–H and O–H groups in total. The standard InChI is InChI=1S/C27H27Cl2FN4O2S/c1-17-15-32(10-11-34(17)27(36)31-20-5-6-22(28)23(29)14-20)25(35)16-33-9-7-24-21(8-12-37-24)26(33)18-3-2-4-19(30)13-18/h2-6,8,12-14,17,26H,7,9-11,15-16H2,1H3,(H,31,36)/t17-,26-/m1/s1. The Bertz CT molecular complexity index is 1320. The van der Waals surface area contributed by atoms with E-state index in [-0.39, 0.29) is 36.4 Å². The van der Waals surface area contributed by atoms with Crippen molar-refractivity contribution in [2.75, 3.05) is 38.0 Å². The highest BCUT2D eigenvalue weighted by Gasteiger charge is 2.34. The average Bonchev–Trinajstić information content (AvgIpc) is 3.35. The molecular formula is C27H27Cl2FN4O2S. The van der Waals surface area contributed by atoms with Gasteiger partial charge in [-0.25, -0.2) is 9.18 Å². The number of piperazine rings is 1. The van der Waals surface area contributed by atoms with Crippen molar-refractivity contribution in [2.45, 2.75) is 25.4 Å². The molecule has 3 aromatic rings. The fraction of sp³-hybridized carbons (Fsp3) is 0.333. The van der Waals surface area contributed by atoms with Gasteiger partial charge in [0.25, 0.3) is 0 Å². The predicted octanol–water partition coefficient (Wildman–Crippen LogP) is 5.91. The van der Waals surface area contributed by atoms with Crippen molar-refractivity contribution >= 4 is 52.2 Å².